The summed E-state index contributed by atoms with van der Waals surface area (Å²) in [5, 5.41) is 9.36. The number of ether oxygens (including phenoxy) is 2. The average Bonchev–Trinajstić information content (AvgIpc) is 2.84. The van der Waals surface area contributed by atoms with Gasteiger partial charge in [-0.3, -0.25) is 4.79 Å². The van der Waals surface area contributed by atoms with Crippen LogP contribution in [0.4, 0.5) is 0 Å². The summed E-state index contributed by atoms with van der Waals surface area (Å²) in [6.07, 6.45) is 3.13. The molecule has 0 unspecified atom stereocenters. The third kappa shape index (κ3) is 1.43. The molecule has 2 aliphatic carbocycles. The molecule has 21 heavy (non-hydrogen) atoms. The molecule has 4 aliphatic rings. The van der Waals surface area contributed by atoms with Gasteiger partial charge >= 0.3 is 17.9 Å². The van der Waals surface area contributed by atoms with Crippen molar-refractivity contribution in [2.75, 3.05) is 6.61 Å². The van der Waals surface area contributed by atoms with Gasteiger partial charge in [-0.15, -0.1) is 0 Å². The molecule has 0 aromatic heterocycles. The average molecular weight is 290 g/mol. The van der Waals surface area contributed by atoms with Crippen LogP contribution in [0.2, 0.25) is 0 Å². The summed E-state index contributed by atoms with van der Waals surface area (Å²) in [5.74, 6) is -1.97. The van der Waals surface area contributed by atoms with Crippen molar-refractivity contribution < 1.29 is 29.0 Å². The number of aliphatic hydroxyl groups excluding tert-OH is 1. The molecule has 0 saturated carbocycles. The fourth-order valence-electron chi connectivity index (χ4n) is 4.14. The summed E-state index contributed by atoms with van der Waals surface area (Å²) < 4.78 is 10.2. The van der Waals surface area contributed by atoms with E-state index >= 15 is 0 Å². The number of cyclic esters (lactones) is 2. The Balaban J connectivity index is 1.95. The molecule has 0 aromatic carbocycles. The van der Waals surface area contributed by atoms with Crippen molar-refractivity contribution in [3.63, 3.8) is 0 Å². The van der Waals surface area contributed by atoms with Crippen LogP contribution >= 0.6 is 0 Å². The lowest BCUT2D eigenvalue weighted by molar-refractivity contribution is -0.152. The molecule has 1 N–H and O–H groups in total. The minimum absolute atomic E-state index is 0.0884. The van der Waals surface area contributed by atoms with Gasteiger partial charge in [-0.2, -0.15) is 0 Å². The van der Waals surface area contributed by atoms with Gasteiger partial charge in [-0.1, -0.05) is 6.08 Å². The molecule has 110 valence electrons. The zero-order valence-corrected chi connectivity index (χ0v) is 11.3. The van der Waals surface area contributed by atoms with Crippen LogP contribution in [0.1, 0.15) is 25.7 Å². The highest BCUT2D eigenvalue weighted by Gasteiger charge is 2.61. The number of carbonyl (C=O) groups is 3. The maximum Gasteiger partial charge on any atom is 0.342 e. The van der Waals surface area contributed by atoms with Crippen LogP contribution in [0.3, 0.4) is 0 Å². The molecule has 6 heteroatoms. The van der Waals surface area contributed by atoms with Crippen molar-refractivity contribution >= 4 is 17.9 Å². The maximum absolute atomic E-state index is 12.4. The molecular weight excluding hydrogens is 276 g/mol. The molecule has 2 heterocycles. The summed E-state index contributed by atoms with van der Waals surface area (Å²) in [7, 11) is 0. The molecular formula is C15H14O6. The van der Waals surface area contributed by atoms with Crippen LogP contribution in [0.25, 0.3) is 0 Å². The Morgan fingerprint density at radius 3 is 2.86 bits per heavy atom. The van der Waals surface area contributed by atoms with Crippen molar-refractivity contribution in [2.24, 2.45) is 11.3 Å². The van der Waals surface area contributed by atoms with E-state index in [0.717, 1.165) is 12.0 Å². The van der Waals surface area contributed by atoms with E-state index in [0.29, 0.717) is 17.6 Å². The van der Waals surface area contributed by atoms with Crippen LogP contribution in [0.15, 0.2) is 22.8 Å². The second-order valence-corrected chi connectivity index (χ2v) is 5.97. The van der Waals surface area contributed by atoms with Gasteiger partial charge in [0.2, 0.25) is 0 Å². The van der Waals surface area contributed by atoms with Crippen molar-refractivity contribution in [3.05, 3.63) is 22.8 Å². The lowest BCUT2D eigenvalue weighted by Crippen LogP contribution is -2.31. The topological polar surface area (TPSA) is 89.9 Å². The lowest BCUT2D eigenvalue weighted by atomic mass is 9.71. The van der Waals surface area contributed by atoms with E-state index in [-0.39, 0.29) is 25.4 Å². The number of hydrogen-bond donors (Lipinski definition) is 1. The third-order valence-electron chi connectivity index (χ3n) is 5.06. The Hall–Kier alpha value is -1.95. The first-order valence-electron chi connectivity index (χ1n) is 7.10. The van der Waals surface area contributed by atoms with Gasteiger partial charge in [0.05, 0.1) is 16.6 Å². The summed E-state index contributed by atoms with van der Waals surface area (Å²) >= 11 is 0. The van der Waals surface area contributed by atoms with Gasteiger partial charge in [0.1, 0.15) is 6.10 Å². The number of rotatable bonds is 2. The van der Waals surface area contributed by atoms with Gasteiger partial charge in [-0.05, 0) is 24.8 Å². The van der Waals surface area contributed by atoms with Crippen LogP contribution < -0.4 is 0 Å². The number of hydrogen-bond acceptors (Lipinski definition) is 6. The van der Waals surface area contributed by atoms with E-state index in [1.807, 2.05) is 6.08 Å². The second-order valence-electron chi connectivity index (χ2n) is 5.97. The second kappa shape index (κ2) is 4.04. The van der Waals surface area contributed by atoms with Crippen LogP contribution in [0, 0.1) is 11.3 Å². The summed E-state index contributed by atoms with van der Waals surface area (Å²) in [6, 6.07) is 0. The Kier molecular flexibility index (Phi) is 2.45. The first-order valence-corrected chi connectivity index (χ1v) is 7.10. The van der Waals surface area contributed by atoms with Gasteiger partial charge in [0, 0.05) is 18.9 Å². The van der Waals surface area contributed by atoms with Crippen LogP contribution in [0.5, 0.6) is 0 Å². The minimum Gasteiger partial charge on any atom is -0.456 e. The quantitative estimate of drug-likeness (QED) is 0.450. The van der Waals surface area contributed by atoms with Crippen molar-refractivity contribution in [1.29, 1.82) is 0 Å². The zero-order valence-electron chi connectivity index (χ0n) is 11.3. The Morgan fingerprint density at radius 1 is 1.29 bits per heavy atom. The highest BCUT2D eigenvalue weighted by molar-refractivity contribution is 6.13. The Labute approximate surface area is 120 Å². The zero-order chi connectivity index (χ0) is 14.8. The van der Waals surface area contributed by atoms with E-state index in [9.17, 15) is 19.5 Å². The Morgan fingerprint density at radius 2 is 2.10 bits per heavy atom. The maximum atomic E-state index is 12.4. The van der Waals surface area contributed by atoms with E-state index in [4.69, 9.17) is 9.47 Å². The molecule has 4 bridgehead atoms. The largest absolute Gasteiger partial charge is 0.456 e. The number of esters is 3. The standard InChI is InChI=1S/C15H14O6/c16-5-4-15-6-8-10(13(18)21-12(8)17)7-2-1-3-9(15)11(7)20-14(15)19/h3,7,11,16H,1-2,4-6H2/t7-,11+,15+/m1/s1. The van der Waals surface area contributed by atoms with Crippen molar-refractivity contribution in [1.82, 2.24) is 0 Å². The number of fused-ring (bicyclic) bond motifs is 1. The van der Waals surface area contributed by atoms with Gasteiger partial charge in [0.15, 0.2) is 0 Å². The molecule has 0 spiro atoms. The summed E-state index contributed by atoms with van der Waals surface area (Å²) in [6.45, 7) is -0.185. The fourth-order valence-corrected chi connectivity index (χ4v) is 4.14. The van der Waals surface area contributed by atoms with E-state index in [1.165, 1.54) is 0 Å². The van der Waals surface area contributed by atoms with Gasteiger partial charge in [0.25, 0.3) is 0 Å². The molecule has 3 atom stereocenters. The minimum atomic E-state index is -1.02. The van der Waals surface area contributed by atoms with Crippen molar-refractivity contribution in [3.8, 4) is 0 Å². The smallest absolute Gasteiger partial charge is 0.342 e. The molecule has 0 radical (unpaired) electrons. The van der Waals surface area contributed by atoms with Gasteiger partial charge < -0.3 is 14.6 Å². The predicted octanol–water partition coefficient (Wildman–Crippen LogP) is 0.401. The predicted molar refractivity (Wildman–Crippen MR) is 67.6 cm³/mol. The van der Waals surface area contributed by atoms with E-state index < -0.39 is 29.4 Å². The SMILES string of the molecule is O=C1OC(=O)C2=C1C[C@]1(CCO)C(=O)O[C@@H]3C1=CCC[C@H]23. The first kappa shape index (κ1) is 12.8. The Bertz CT molecular complexity index is 643. The fraction of sp³-hybridized carbons (Fsp3) is 0.533. The highest BCUT2D eigenvalue weighted by Crippen LogP contribution is 2.56. The van der Waals surface area contributed by atoms with Crippen LogP contribution in [-0.4, -0.2) is 35.7 Å². The molecule has 0 amide bonds. The number of allylic oxidation sites excluding steroid dienone is 1. The van der Waals surface area contributed by atoms with Gasteiger partial charge in [-0.25, -0.2) is 9.59 Å². The molecule has 4 rings (SSSR count). The monoisotopic (exact) mass is 290 g/mol. The third-order valence-corrected chi connectivity index (χ3v) is 5.06. The van der Waals surface area contributed by atoms with Crippen molar-refractivity contribution in [2.45, 2.75) is 31.8 Å². The summed E-state index contributed by atoms with van der Waals surface area (Å²) in [4.78, 5) is 36.3. The molecule has 6 nitrogen and oxygen atoms in total. The summed E-state index contributed by atoms with van der Waals surface area (Å²) in [5.41, 5.74) is 0.486. The molecule has 1 fully saturated rings. The first-order chi connectivity index (χ1) is 10.1. The number of aliphatic hydroxyl groups is 1. The lowest BCUT2D eigenvalue weighted by Gasteiger charge is -2.28. The van der Waals surface area contributed by atoms with E-state index in [2.05, 4.69) is 0 Å². The molecule has 2 aliphatic heterocycles. The molecule has 1 saturated heterocycles. The highest BCUT2D eigenvalue weighted by atomic mass is 16.6. The molecule has 0 aromatic rings. The normalized spacial score (nSPS) is 37.0. The van der Waals surface area contributed by atoms with Crippen LogP contribution in [-0.2, 0) is 23.9 Å². The number of carbonyl (C=O) groups excluding carboxylic acids is 3. The van der Waals surface area contributed by atoms with E-state index in [1.54, 1.807) is 0 Å².